The second-order valence-corrected chi connectivity index (χ2v) is 3.24. The van der Waals surface area contributed by atoms with Crippen LogP contribution >= 0.6 is 0 Å². The van der Waals surface area contributed by atoms with E-state index in [-0.39, 0.29) is 0 Å². The highest BCUT2D eigenvalue weighted by Gasteiger charge is 2.05. The Kier molecular flexibility index (Phi) is 3.86. The number of hydrogen-bond donors (Lipinski definition) is 1. The average molecular weight is 205 g/mol. The van der Waals surface area contributed by atoms with Crippen molar-refractivity contribution in [2.75, 3.05) is 30.9 Å². The number of nitrogens with zero attached hydrogens (tertiary/aromatic N) is 4. The minimum atomic E-state index is 0.494. The molecule has 1 heterocycles. The lowest BCUT2D eigenvalue weighted by atomic mass is 10.4. The molecule has 0 radical (unpaired) electrons. The summed E-state index contributed by atoms with van der Waals surface area (Å²) >= 11 is 0. The molecule has 0 aliphatic heterocycles. The molecule has 0 bridgehead atoms. The van der Waals surface area contributed by atoms with Crippen LogP contribution in [0.5, 0.6) is 0 Å². The smallest absolute Gasteiger partial charge is 0.134 e. The Morgan fingerprint density at radius 2 is 2.27 bits per heavy atom. The lowest BCUT2D eigenvalue weighted by molar-refractivity contribution is 0.871. The average Bonchev–Trinajstić information content (AvgIpc) is 2.24. The van der Waals surface area contributed by atoms with Crippen molar-refractivity contribution in [3.8, 4) is 6.07 Å². The fourth-order valence-corrected chi connectivity index (χ4v) is 1.21. The highest BCUT2D eigenvalue weighted by Crippen LogP contribution is 2.14. The van der Waals surface area contributed by atoms with E-state index in [0.717, 1.165) is 17.5 Å². The summed E-state index contributed by atoms with van der Waals surface area (Å²) in [5, 5.41) is 11.5. The molecule has 5 heteroatoms. The van der Waals surface area contributed by atoms with Gasteiger partial charge in [-0.05, 0) is 6.92 Å². The van der Waals surface area contributed by atoms with Crippen LogP contribution in [0.3, 0.4) is 0 Å². The Labute approximate surface area is 89.8 Å². The second kappa shape index (κ2) is 5.15. The molecule has 5 nitrogen and oxygen atoms in total. The minimum Gasteiger partial charge on any atom is -0.373 e. The Morgan fingerprint density at radius 3 is 2.87 bits per heavy atom. The zero-order valence-corrected chi connectivity index (χ0v) is 9.28. The fourth-order valence-electron chi connectivity index (χ4n) is 1.21. The zero-order chi connectivity index (χ0) is 11.3. The van der Waals surface area contributed by atoms with Gasteiger partial charge < -0.3 is 10.2 Å². The summed E-state index contributed by atoms with van der Waals surface area (Å²) in [6.45, 7) is 2.53. The Balaban J connectivity index is 2.84. The molecule has 0 saturated carbocycles. The van der Waals surface area contributed by atoms with Gasteiger partial charge in [-0.15, -0.1) is 0 Å². The normalized spacial score (nSPS) is 9.47. The Bertz CT molecular complexity index is 369. The number of nitrogens with one attached hydrogen (secondary N) is 1. The number of rotatable bonds is 4. The molecule has 0 aromatic carbocycles. The van der Waals surface area contributed by atoms with E-state index in [4.69, 9.17) is 5.26 Å². The maximum atomic E-state index is 8.50. The van der Waals surface area contributed by atoms with Crippen LogP contribution < -0.4 is 10.2 Å². The summed E-state index contributed by atoms with van der Waals surface area (Å²) in [4.78, 5) is 10.4. The van der Waals surface area contributed by atoms with Crippen LogP contribution in [0.15, 0.2) is 6.07 Å². The van der Waals surface area contributed by atoms with E-state index >= 15 is 0 Å². The first-order valence-corrected chi connectivity index (χ1v) is 4.79. The predicted octanol–water partition coefficient (Wildman–Crippen LogP) is 1.18. The molecule has 0 atom stereocenters. The van der Waals surface area contributed by atoms with Crippen molar-refractivity contribution >= 4 is 11.6 Å². The predicted molar refractivity (Wildman–Crippen MR) is 59.8 cm³/mol. The summed E-state index contributed by atoms with van der Waals surface area (Å²) in [6, 6.07) is 3.98. The van der Waals surface area contributed by atoms with E-state index in [0.29, 0.717) is 13.0 Å². The van der Waals surface area contributed by atoms with Gasteiger partial charge >= 0.3 is 0 Å². The summed E-state index contributed by atoms with van der Waals surface area (Å²) < 4.78 is 0. The van der Waals surface area contributed by atoms with Crippen LogP contribution in [0, 0.1) is 18.3 Å². The van der Waals surface area contributed by atoms with Crippen molar-refractivity contribution in [2.24, 2.45) is 0 Å². The molecular weight excluding hydrogens is 190 g/mol. The van der Waals surface area contributed by atoms with Gasteiger partial charge in [0.1, 0.15) is 17.5 Å². The van der Waals surface area contributed by atoms with E-state index in [1.165, 1.54) is 0 Å². The quantitative estimate of drug-likeness (QED) is 0.799. The van der Waals surface area contributed by atoms with Crippen LogP contribution in [-0.4, -0.2) is 30.6 Å². The van der Waals surface area contributed by atoms with E-state index in [1.807, 2.05) is 32.0 Å². The van der Waals surface area contributed by atoms with Crippen LogP contribution in [0.2, 0.25) is 0 Å². The van der Waals surface area contributed by atoms with Gasteiger partial charge in [0.05, 0.1) is 12.5 Å². The molecule has 0 unspecified atom stereocenters. The highest BCUT2D eigenvalue weighted by atomic mass is 15.2. The topological polar surface area (TPSA) is 64.8 Å². The Morgan fingerprint density at radius 1 is 1.53 bits per heavy atom. The highest BCUT2D eigenvalue weighted by molar-refractivity contribution is 5.48. The van der Waals surface area contributed by atoms with Crippen molar-refractivity contribution in [1.82, 2.24) is 9.97 Å². The van der Waals surface area contributed by atoms with Gasteiger partial charge in [-0.25, -0.2) is 9.97 Å². The molecule has 15 heavy (non-hydrogen) atoms. The molecule has 0 amide bonds. The lowest BCUT2D eigenvalue weighted by Gasteiger charge is -2.17. The third kappa shape index (κ3) is 3.09. The number of anilines is 2. The number of aryl methyl sites for hydroxylation is 1. The maximum Gasteiger partial charge on any atom is 0.134 e. The van der Waals surface area contributed by atoms with Crippen LogP contribution in [0.4, 0.5) is 11.6 Å². The van der Waals surface area contributed by atoms with Crippen LogP contribution in [-0.2, 0) is 0 Å². The standard InChI is InChI=1S/C10H15N5/c1-8-13-9(12-2)7-10(14-8)15(3)6-4-5-11/h7H,4,6H2,1-3H3,(H,12,13,14). The molecule has 0 fully saturated rings. The Hall–Kier alpha value is -1.83. The lowest BCUT2D eigenvalue weighted by Crippen LogP contribution is -2.20. The maximum absolute atomic E-state index is 8.50. The van der Waals surface area contributed by atoms with Gasteiger partial charge in [0, 0.05) is 26.7 Å². The summed E-state index contributed by atoms with van der Waals surface area (Å²) in [7, 11) is 3.74. The van der Waals surface area contributed by atoms with Crippen molar-refractivity contribution in [2.45, 2.75) is 13.3 Å². The van der Waals surface area contributed by atoms with E-state index in [9.17, 15) is 0 Å². The minimum absolute atomic E-state index is 0.494. The SMILES string of the molecule is CNc1cc(N(C)CCC#N)nc(C)n1. The van der Waals surface area contributed by atoms with E-state index in [1.54, 1.807) is 0 Å². The third-order valence-electron chi connectivity index (χ3n) is 2.03. The van der Waals surface area contributed by atoms with E-state index in [2.05, 4.69) is 21.4 Å². The number of aromatic nitrogens is 2. The van der Waals surface area contributed by atoms with Crippen molar-refractivity contribution in [3.63, 3.8) is 0 Å². The van der Waals surface area contributed by atoms with Gasteiger partial charge in [-0.2, -0.15) is 5.26 Å². The van der Waals surface area contributed by atoms with Gasteiger partial charge in [-0.3, -0.25) is 0 Å². The zero-order valence-electron chi connectivity index (χ0n) is 9.28. The second-order valence-electron chi connectivity index (χ2n) is 3.24. The molecule has 0 aliphatic carbocycles. The number of nitriles is 1. The van der Waals surface area contributed by atoms with Gasteiger partial charge in [0.2, 0.25) is 0 Å². The van der Waals surface area contributed by atoms with Crippen LogP contribution in [0.1, 0.15) is 12.2 Å². The van der Waals surface area contributed by atoms with Crippen molar-refractivity contribution < 1.29 is 0 Å². The molecule has 0 saturated heterocycles. The first-order chi connectivity index (χ1) is 7.17. The van der Waals surface area contributed by atoms with Crippen molar-refractivity contribution in [1.29, 1.82) is 5.26 Å². The third-order valence-corrected chi connectivity index (χ3v) is 2.03. The van der Waals surface area contributed by atoms with Crippen LogP contribution in [0.25, 0.3) is 0 Å². The molecule has 1 aromatic heterocycles. The molecule has 1 rings (SSSR count). The molecular formula is C10H15N5. The molecule has 0 spiro atoms. The fraction of sp³-hybridized carbons (Fsp3) is 0.500. The van der Waals surface area contributed by atoms with Gasteiger partial charge in [0.25, 0.3) is 0 Å². The largest absolute Gasteiger partial charge is 0.373 e. The first-order valence-electron chi connectivity index (χ1n) is 4.79. The molecule has 0 aliphatic rings. The first kappa shape index (κ1) is 11.2. The van der Waals surface area contributed by atoms with Crippen molar-refractivity contribution in [3.05, 3.63) is 11.9 Å². The summed E-state index contributed by atoms with van der Waals surface area (Å²) in [6.07, 6.45) is 0.494. The number of hydrogen-bond acceptors (Lipinski definition) is 5. The summed E-state index contributed by atoms with van der Waals surface area (Å²) in [5.41, 5.74) is 0. The monoisotopic (exact) mass is 205 g/mol. The van der Waals surface area contributed by atoms with E-state index < -0.39 is 0 Å². The molecule has 1 aromatic rings. The summed E-state index contributed by atoms with van der Waals surface area (Å²) in [5.74, 6) is 2.35. The van der Waals surface area contributed by atoms with Gasteiger partial charge in [0.15, 0.2) is 0 Å². The van der Waals surface area contributed by atoms with Gasteiger partial charge in [-0.1, -0.05) is 0 Å². The molecule has 80 valence electrons. The molecule has 1 N–H and O–H groups in total.